The van der Waals surface area contributed by atoms with Crippen molar-refractivity contribution in [1.29, 1.82) is 0 Å². The molecule has 0 aromatic carbocycles. The molecule has 0 radical (unpaired) electrons. The molecule has 0 aliphatic rings. The molecular weight excluding hydrogens is 589 g/mol. The highest BCUT2D eigenvalue weighted by atomic mass is 28.4. The van der Waals surface area contributed by atoms with Crippen molar-refractivity contribution in [2.45, 2.75) is 182 Å². The van der Waals surface area contributed by atoms with Gasteiger partial charge in [-0.2, -0.15) is 0 Å². The van der Waals surface area contributed by atoms with E-state index in [0.29, 0.717) is 65.3 Å². The second kappa shape index (κ2) is 25.0. The molecule has 0 saturated carbocycles. The van der Waals surface area contributed by atoms with Crippen molar-refractivity contribution < 1.29 is 31.4 Å². The predicted octanol–water partition coefficient (Wildman–Crippen LogP) is 10.5. The van der Waals surface area contributed by atoms with Crippen molar-refractivity contribution in [2.24, 2.45) is 0 Å². The van der Waals surface area contributed by atoms with Crippen LogP contribution >= 0.6 is 0 Å². The van der Waals surface area contributed by atoms with Gasteiger partial charge in [0, 0.05) is 39.6 Å². The van der Waals surface area contributed by atoms with Gasteiger partial charge in [-0.25, -0.2) is 0 Å². The molecule has 264 valence electrons. The van der Waals surface area contributed by atoms with Gasteiger partial charge in [0.2, 0.25) is 0 Å². The van der Waals surface area contributed by atoms with Crippen LogP contribution in [0.2, 0.25) is 10.1 Å². The molecule has 2 unspecified atom stereocenters. The molecule has 0 spiro atoms. The van der Waals surface area contributed by atoms with E-state index < -0.39 is 27.7 Å². The normalized spacial score (nSPS) is 15.3. The van der Waals surface area contributed by atoms with Crippen LogP contribution in [-0.2, 0) is 31.4 Å². The van der Waals surface area contributed by atoms with E-state index in [1.807, 2.05) is 41.5 Å². The molecule has 44 heavy (non-hydrogen) atoms. The molecule has 0 aliphatic heterocycles. The van der Waals surface area contributed by atoms with E-state index in [9.17, 15) is 0 Å². The van der Waals surface area contributed by atoms with E-state index in [-0.39, 0.29) is 5.78 Å². The fourth-order valence-electron chi connectivity index (χ4n) is 7.01. The smallest absolute Gasteiger partial charge is 0.373 e. The van der Waals surface area contributed by atoms with Gasteiger partial charge >= 0.3 is 17.6 Å². The Bertz CT molecular complexity index is 621. The highest BCUT2D eigenvalue weighted by Crippen LogP contribution is 2.60. The highest BCUT2D eigenvalue weighted by molar-refractivity contribution is 6.75. The topological polar surface area (TPSA) is 72.5 Å². The van der Waals surface area contributed by atoms with Crippen LogP contribution in [0.5, 0.6) is 0 Å². The average Bonchev–Trinajstić information content (AvgIpc) is 3.01. The van der Waals surface area contributed by atoms with Crippen LogP contribution in [0.3, 0.4) is 0 Å². The zero-order valence-electron chi connectivity index (χ0n) is 30.9. The number of hydrogen-bond donors (Lipinski definition) is 0. The molecule has 0 aromatic rings. The van der Waals surface area contributed by atoms with E-state index in [2.05, 4.69) is 27.7 Å². The van der Waals surface area contributed by atoms with Crippen LogP contribution in [0.1, 0.15) is 172 Å². The standard InChI is InChI=1S/C35H74O7Si2/c1-11-21-23-25-27-29-31-34(13-3,43(37-15-5,38-16-6)39-17-7)33(36)35(14-4,32-30-28-26-24-22-12-2)44(40-18-8,41-19-9)42-20-10/h11-32H2,1-10H3. The molecular formula is C35H74O7Si2. The summed E-state index contributed by atoms with van der Waals surface area (Å²) in [6.07, 6.45) is 16.2. The Balaban J connectivity index is 7.39. The van der Waals surface area contributed by atoms with Crippen molar-refractivity contribution in [3.63, 3.8) is 0 Å². The van der Waals surface area contributed by atoms with E-state index in [1.54, 1.807) is 0 Å². The van der Waals surface area contributed by atoms with Crippen LogP contribution < -0.4 is 0 Å². The summed E-state index contributed by atoms with van der Waals surface area (Å²) in [6, 6.07) is 0. The van der Waals surface area contributed by atoms with Gasteiger partial charge in [-0.05, 0) is 67.2 Å². The molecule has 9 heteroatoms. The average molecular weight is 663 g/mol. The van der Waals surface area contributed by atoms with Crippen LogP contribution in [0.25, 0.3) is 0 Å². The summed E-state index contributed by atoms with van der Waals surface area (Å²) in [5, 5.41) is -1.86. The van der Waals surface area contributed by atoms with Crippen LogP contribution in [-0.4, -0.2) is 63.0 Å². The van der Waals surface area contributed by atoms with E-state index in [1.165, 1.54) is 51.4 Å². The summed E-state index contributed by atoms with van der Waals surface area (Å²) in [4.78, 5) is 16.0. The molecule has 0 fully saturated rings. The molecule has 0 rings (SSSR count). The minimum atomic E-state index is -3.55. The van der Waals surface area contributed by atoms with Crippen molar-refractivity contribution in [1.82, 2.24) is 0 Å². The van der Waals surface area contributed by atoms with E-state index >= 15 is 4.79 Å². The third kappa shape index (κ3) is 11.5. The maximum absolute atomic E-state index is 16.0. The van der Waals surface area contributed by atoms with E-state index in [4.69, 9.17) is 26.6 Å². The van der Waals surface area contributed by atoms with E-state index in [0.717, 1.165) is 25.7 Å². The molecule has 0 bridgehead atoms. The van der Waals surface area contributed by atoms with Gasteiger partial charge < -0.3 is 26.6 Å². The molecule has 0 aromatic heterocycles. The number of hydrogen-bond acceptors (Lipinski definition) is 7. The lowest BCUT2D eigenvalue weighted by atomic mass is 9.81. The zero-order chi connectivity index (χ0) is 33.4. The lowest BCUT2D eigenvalue weighted by molar-refractivity contribution is -0.132. The number of Topliss-reactive ketones (excluding diaryl/α,β-unsaturated/α-hetero) is 1. The molecule has 2 atom stereocenters. The van der Waals surface area contributed by atoms with Gasteiger partial charge in [0.1, 0.15) is 0 Å². The van der Waals surface area contributed by atoms with Gasteiger partial charge in [0.25, 0.3) is 0 Å². The highest BCUT2D eigenvalue weighted by Gasteiger charge is 2.73. The Morgan fingerprint density at radius 1 is 0.409 bits per heavy atom. The minimum Gasteiger partial charge on any atom is -0.373 e. The van der Waals surface area contributed by atoms with Crippen LogP contribution in [0.4, 0.5) is 0 Å². The minimum absolute atomic E-state index is 0.140. The summed E-state index contributed by atoms with van der Waals surface area (Å²) in [6.45, 7) is 23.2. The Hall–Kier alpha value is -0.136. The third-order valence-corrected chi connectivity index (χ3v) is 17.2. The fourth-order valence-corrected chi connectivity index (χ4v) is 14.4. The molecule has 7 nitrogen and oxygen atoms in total. The van der Waals surface area contributed by atoms with Crippen molar-refractivity contribution in [3.05, 3.63) is 0 Å². The lowest BCUT2D eigenvalue weighted by Crippen LogP contribution is -2.67. The SMILES string of the molecule is CCCCCCCCC(CC)(C(=O)C(CC)(CCCCCCCC)[Si](OCC)(OCC)OCC)[Si](OCC)(OCC)OCC. The fraction of sp³-hybridized carbons (Fsp3) is 0.971. The van der Waals surface area contributed by atoms with Gasteiger partial charge in [-0.3, -0.25) is 4.79 Å². The van der Waals surface area contributed by atoms with Gasteiger partial charge in [0.15, 0.2) is 5.78 Å². The van der Waals surface area contributed by atoms with Crippen LogP contribution in [0, 0.1) is 0 Å². The number of carbonyl (C=O) groups is 1. The second-order valence-electron chi connectivity index (χ2n) is 11.9. The molecule has 0 saturated heterocycles. The summed E-state index contributed by atoms with van der Waals surface area (Å²) in [7, 11) is -7.09. The Morgan fingerprint density at radius 2 is 0.659 bits per heavy atom. The predicted molar refractivity (Wildman–Crippen MR) is 188 cm³/mol. The lowest BCUT2D eigenvalue weighted by Gasteiger charge is -2.51. The quantitative estimate of drug-likeness (QED) is 0.0524. The monoisotopic (exact) mass is 662 g/mol. The summed E-state index contributed by atoms with van der Waals surface area (Å²) >= 11 is 0. The maximum atomic E-state index is 16.0. The number of unbranched alkanes of at least 4 members (excludes halogenated alkanes) is 10. The third-order valence-electron chi connectivity index (χ3n) is 9.17. The molecule has 0 N–H and O–H groups in total. The number of carbonyl (C=O) groups excluding carboxylic acids is 1. The first-order valence-electron chi connectivity index (χ1n) is 18.6. The zero-order valence-corrected chi connectivity index (χ0v) is 32.9. The van der Waals surface area contributed by atoms with Crippen molar-refractivity contribution in [3.8, 4) is 0 Å². The Kier molecular flexibility index (Phi) is 24.9. The van der Waals surface area contributed by atoms with Crippen LogP contribution in [0.15, 0.2) is 0 Å². The first kappa shape index (κ1) is 43.9. The van der Waals surface area contributed by atoms with Crippen molar-refractivity contribution in [2.75, 3.05) is 39.6 Å². The number of rotatable bonds is 32. The second-order valence-corrected chi connectivity index (χ2v) is 17.8. The van der Waals surface area contributed by atoms with Gasteiger partial charge in [0.05, 0.1) is 10.1 Å². The Labute approximate surface area is 275 Å². The molecule has 0 heterocycles. The largest absolute Gasteiger partial charge is 0.515 e. The Morgan fingerprint density at radius 3 is 0.886 bits per heavy atom. The molecule has 0 aliphatic carbocycles. The summed E-state index contributed by atoms with van der Waals surface area (Å²) in [5.74, 6) is 0.140. The first-order valence-corrected chi connectivity index (χ1v) is 22.1. The van der Waals surface area contributed by atoms with Gasteiger partial charge in [-0.1, -0.05) is 105 Å². The van der Waals surface area contributed by atoms with Crippen molar-refractivity contribution >= 4 is 23.4 Å². The number of ketones is 1. The molecule has 0 amide bonds. The van der Waals surface area contributed by atoms with Gasteiger partial charge in [-0.15, -0.1) is 0 Å². The first-order chi connectivity index (χ1) is 21.3. The summed E-state index contributed by atoms with van der Waals surface area (Å²) < 4.78 is 39.9. The maximum Gasteiger partial charge on any atom is 0.515 e. The summed E-state index contributed by atoms with van der Waals surface area (Å²) in [5.41, 5.74) is 0.